The largest absolute Gasteiger partial charge is 0.352 e. The van der Waals surface area contributed by atoms with Gasteiger partial charge in [-0.1, -0.05) is 0 Å². The van der Waals surface area contributed by atoms with Crippen LogP contribution in [0, 0.1) is 0 Å². The normalized spacial score (nSPS) is 19.6. The average molecular weight is 239 g/mol. The summed E-state index contributed by atoms with van der Waals surface area (Å²) >= 11 is 1.59. The molecule has 1 heterocycles. The monoisotopic (exact) mass is 238 g/mol. The molecule has 0 bridgehead atoms. The van der Waals surface area contributed by atoms with Gasteiger partial charge in [0.1, 0.15) is 0 Å². The molecule has 84 valence electrons. The summed E-state index contributed by atoms with van der Waals surface area (Å²) in [5, 5.41) is 6.42. The van der Waals surface area contributed by atoms with Gasteiger partial charge < -0.3 is 10.6 Å². The average Bonchev–Trinajstić information content (AvgIpc) is 2.18. The van der Waals surface area contributed by atoms with Crippen LogP contribution >= 0.6 is 24.2 Å². The molecule has 0 aromatic carbocycles. The van der Waals surface area contributed by atoms with E-state index in [1.807, 2.05) is 13.2 Å². The Kier molecular flexibility index (Phi) is 7.41. The lowest BCUT2D eigenvalue weighted by Crippen LogP contribution is -2.45. The molecule has 1 aliphatic heterocycles. The van der Waals surface area contributed by atoms with Gasteiger partial charge in [-0.2, -0.15) is 11.8 Å². The van der Waals surface area contributed by atoms with Gasteiger partial charge in [-0.25, -0.2) is 0 Å². The lowest BCUT2D eigenvalue weighted by atomic mass is 10.1. The minimum atomic E-state index is 0. The maximum absolute atomic E-state index is 11.5. The van der Waals surface area contributed by atoms with Gasteiger partial charge in [0.15, 0.2) is 0 Å². The number of carbonyl (C=O) groups is 1. The van der Waals surface area contributed by atoms with Crippen molar-refractivity contribution in [1.82, 2.24) is 10.6 Å². The van der Waals surface area contributed by atoms with E-state index in [9.17, 15) is 4.79 Å². The molecule has 1 fully saturated rings. The minimum absolute atomic E-state index is 0. The summed E-state index contributed by atoms with van der Waals surface area (Å²) in [6.45, 7) is 4.00. The van der Waals surface area contributed by atoms with Crippen LogP contribution in [0.25, 0.3) is 0 Å². The van der Waals surface area contributed by atoms with Gasteiger partial charge in [-0.15, -0.1) is 12.4 Å². The van der Waals surface area contributed by atoms with Gasteiger partial charge in [0, 0.05) is 6.04 Å². The predicted octanol–water partition coefficient (Wildman–Crippen LogP) is 1.03. The van der Waals surface area contributed by atoms with Crippen LogP contribution in [0.1, 0.15) is 19.8 Å². The van der Waals surface area contributed by atoms with E-state index in [1.165, 1.54) is 0 Å². The number of carbonyl (C=O) groups excluding carboxylic acids is 1. The van der Waals surface area contributed by atoms with Gasteiger partial charge in [0.2, 0.25) is 5.91 Å². The molecule has 3 nitrogen and oxygen atoms in total. The zero-order valence-electron chi connectivity index (χ0n) is 8.71. The SMILES string of the molecule is CSC(C)C(=O)NC1CCNCC1.Cl. The highest BCUT2D eigenvalue weighted by Crippen LogP contribution is 2.07. The summed E-state index contributed by atoms with van der Waals surface area (Å²) in [7, 11) is 0. The minimum Gasteiger partial charge on any atom is -0.352 e. The van der Waals surface area contributed by atoms with Crippen molar-refractivity contribution in [3.05, 3.63) is 0 Å². The molecule has 1 amide bonds. The fourth-order valence-corrected chi connectivity index (χ4v) is 1.67. The molecule has 2 N–H and O–H groups in total. The Balaban J connectivity index is 0.00000169. The smallest absolute Gasteiger partial charge is 0.233 e. The number of halogens is 1. The lowest BCUT2D eigenvalue weighted by molar-refractivity contribution is -0.121. The van der Waals surface area contributed by atoms with E-state index in [2.05, 4.69) is 10.6 Å². The van der Waals surface area contributed by atoms with Crippen molar-refractivity contribution in [3.63, 3.8) is 0 Å². The molecule has 0 aliphatic carbocycles. The Morgan fingerprint density at radius 2 is 2.07 bits per heavy atom. The molecule has 1 atom stereocenters. The third kappa shape index (κ3) is 4.53. The summed E-state index contributed by atoms with van der Waals surface area (Å²) in [5.41, 5.74) is 0. The number of rotatable bonds is 3. The van der Waals surface area contributed by atoms with Crippen LogP contribution in [-0.4, -0.2) is 36.5 Å². The number of hydrogen-bond acceptors (Lipinski definition) is 3. The second kappa shape index (κ2) is 7.37. The Bertz CT molecular complexity index is 174. The molecule has 1 saturated heterocycles. The van der Waals surface area contributed by atoms with Gasteiger partial charge in [0.05, 0.1) is 5.25 Å². The van der Waals surface area contributed by atoms with Crippen LogP contribution in [0.3, 0.4) is 0 Å². The topological polar surface area (TPSA) is 41.1 Å². The Morgan fingerprint density at radius 3 is 2.57 bits per heavy atom. The molecule has 1 unspecified atom stereocenters. The quantitative estimate of drug-likeness (QED) is 0.772. The van der Waals surface area contributed by atoms with Crippen LogP contribution in [-0.2, 0) is 4.79 Å². The fourth-order valence-electron chi connectivity index (χ4n) is 1.39. The second-order valence-corrected chi connectivity index (χ2v) is 4.59. The van der Waals surface area contributed by atoms with Gasteiger partial charge in [-0.05, 0) is 39.1 Å². The highest BCUT2D eigenvalue weighted by atomic mass is 35.5. The first-order valence-corrected chi connectivity index (χ1v) is 6.06. The number of amides is 1. The van der Waals surface area contributed by atoms with Crippen molar-refractivity contribution in [2.45, 2.75) is 31.1 Å². The third-order valence-electron chi connectivity index (χ3n) is 2.41. The summed E-state index contributed by atoms with van der Waals surface area (Å²) in [6.07, 6.45) is 4.09. The van der Waals surface area contributed by atoms with Crippen LogP contribution in [0.15, 0.2) is 0 Å². The summed E-state index contributed by atoms with van der Waals surface area (Å²) in [6, 6.07) is 0.392. The predicted molar refractivity (Wildman–Crippen MR) is 64.3 cm³/mol. The van der Waals surface area contributed by atoms with E-state index in [1.54, 1.807) is 11.8 Å². The van der Waals surface area contributed by atoms with E-state index in [0.717, 1.165) is 25.9 Å². The maximum atomic E-state index is 11.5. The van der Waals surface area contributed by atoms with E-state index >= 15 is 0 Å². The molecular weight excluding hydrogens is 220 g/mol. The highest BCUT2D eigenvalue weighted by molar-refractivity contribution is 7.99. The van der Waals surface area contributed by atoms with E-state index in [0.29, 0.717) is 6.04 Å². The molecule has 1 aliphatic rings. The zero-order chi connectivity index (χ0) is 9.68. The molecule has 5 heteroatoms. The van der Waals surface area contributed by atoms with Crippen molar-refractivity contribution in [2.24, 2.45) is 0 Å². The van der Waals surface area contributed by atoms with Crippen molar-refractivity contribution in [2.75, 3.05) is 19.3 Å². The maximum Gasteiger partial charge on any atom is 0.233 e. The van der Waals surface area contributed by atoms with Crippen LogP contribution in [0.4, 0.5) is 0 Å². The highest BCUT2D eigenvalue weighted by Gasteiger charge is 2.18. The summed E-state index contributed by atoms with van der Waals surface area (Å²) in [4.78, 5) is 11.5. The summed E-state index contributed by atoms with van der Waals surface area (Å²) < 4.78 is 0. The number of thioether (sulfide) groups is 1. The van der Waals surface area contributed by atoms with Crippen LogP contribution < -0.4 is 10.6 Å². The van der Waals surface area contributed by atoms with Gasteiger partial charge in [0.25, 0.3) is 0 Å². The molecule has 0 aromatic heterocycles. The van der Waals surface area contributed by atoms with Crippen molar-refractivity contribution in [3.8, 4) is 0 Å². The van der Waals surface area contributed by atoms with Crippen molar-refractivity contribution in [1.29, 1.82) is 0 Å². The van der Waals surface area contributed by atoms with Crippen molar-refractivity contribution >= 4 is 30.1 Å². The van der Waals surface area contributed by atoms with Crippen molar-refractivity contribution < 1.29 is 4.79 Å². The molecule has 14 heavy (non-hydrogen) atoms. The zero-order valence-corrected chi connectivity index (χ0v) is 10.3. The first-order valence-electron chi connectivity index (χ1n) is 4.78. The molecule has 0 radical (unpaired) electrons. The number of piperidine rings is 1. The molecular formula is C9H19ClN2OS. The standard InChI is InChI=1S/C9H18N2OS.ClH/c1-7(13-2)9(12)11-8-3-5-10-6-4-8;/h7-8,10H,3-6H2,1-2H3,(H,11,12);1H. The Labute approximate surface area is 96.2 Å². The molecule has 1 rings (SSSR count). The molecule has 0 aromatic rings. The molecule has 0 spiro atoms. The van der Waals surface area contributed by atoms with Gasteiger partial charge >= 0.3 is 0 Å². The molecule has 0 saturated carbocycles. The van der Waals surface area contributed by atoms with Gasteiger partial charge in [-0.3, -0.25) is 4.79 Å². The van der Waals surface area contributed by atoms with Crippen LogP contribution in [0.5, 0.6) is 0 Å². The van der Waals surface area contributed by atoms with Crippen LogP contribution in [0.2, 0.25) is 0 Å². The first-order chi connectivity index (χ1) is 6.24. The summed E-state index contributed by atoms with van der Waals surface area (Å²) in [5.74, 6) is 0.180. The first kappa shape index (κ1) is 14.1. The third-order valence-corrected chi connectivity index (χ3v) is 3.33. The fraction of sp³-hybridized carbons (Fsp3) is 0.889. The van der Waals surface area contributed by atoms with E-state index in [-0.39, 0.29) is 23.6 Å². The van der Waals surface area contributed by atoms with E-state index < -0.39 is 0 Å². The Hall–Kier alpha value is 0.0700. The number of hydrogen-bond donors (Lipinski definition) is 2. The number of nitrogens with one attached hydrogen (secondary N) is 2. The lowest BCUT2D eigenvalue weighted by Gasteiger charge is -2.24. The Morgan fingerprint density at radius 1 is 1.50 bits per heavy atom. The van der Waals surface area contributed by atoms with E-state index in [4.69, 9.17) is 0 Å². The second-order valence-electron chi connectivity index (χ2n) is 3.41.